The van der Waals surface area contributed by atoms with Crippen LogP contribution < -0.4 is 24.0 Å². The SMILES string of the molecule is CCC[N+](CC)(CC)C1CO1.[I-]. The van der Waals surface area contributed by atoms with E-state index in [-0.39, 0.29) is 24.0 Å². The Labute approximate surface area is 92.9 Å². The largest absolute Gasteiger partial charge is 1.00 e. The number of nitrogens with zero attached hydrogens (tertiary/aromatic N) is 1. The number of rotatable bonds is 5. The summed E-state index contributed by atoms with van der Waals surface area (Å²) in [5.41, 5.74) is 0. The first-order chi connectivity index (χ1) is 5.29. The van der Waals surface area contributed by atoms with Crippen LogP contribution in [0.25, 0.3) is 0 Å². The molecule has 0 aromatic heterocycles. The van der Waals surface area contributed by atoms with Crippen LogP contribution in [0.15, 0.2) is 0 Å². The van der Waals surface area contributed by atoms with Crippen molar-refractivity contribution in [1.82, 2.24) is 0 Å². The van der Waals surface area contributed by atoms with Crippen molar-refractivity contribution in [3.05, 3.63) is 0 Å². The van der Waals surface area contributed by atoms with E-state index in [2.05, 4.69) is 20.8 Å². The Morgan fingerprint density at radius 1 is 1.25 bits per heavy atom. The van der Waals surface area contributed by atoms with Gasteiger partial charge < -0.3 is 28.7 Å². The average Bonchev–Trinajstić information content (AvgIpc) is 2.83. The van der Waals surface area contributed by atoms with Crippen LogP contribution in [0.2, 0.25) is 0 Å². The lowest BCUT2D eigenvalue weighted by atomic mass is 10.3. The van der Waals surface area contributed by atoms with Crippen LogP contribution in [-0.4, -0.2) is 37.0 Å². The first kappa shape index (κ1) is 12.7. The maximum atomic E-state index is 5.38. The van der Waals surface area contributed by atoms with Gasteiger partial charge in [0.2, 0.25) is 6.23 Å². The second-order valence-electron chi connectivity index (χ2n) is 3.36. The van der Waals surface area contributed by atoms with Crippen molar-refractivity contribution >= 4 is 0 Å². The first-order valence-corrected chi connectivity index (χ1v) is 4.76. The lowest BCUT2D eigenvalue weighted by Gasteiger charge is -2.34. The summed E-state index contributed by atoms with van der Waals surface area (Å²) in [7, 11) is 0. The van der Waals surface area contributed by atoms with E-state index < -0.39 is 0 Å². The molecule has 0 aliphatic carbocycles. The Hall–Kier alpha value is 0.650. The molecule has 1 fully saturated rings. The molecular formula is C9H20INO. The third kappa shape index (κ3) is 2.57. The molecule has 3 heteroatoms. The normalized spacial score (nSPS) is 21.8. The van der Waals surface area contributed by atoms with Gasteiger partial charge in [0, 0.05) is 0 Å². The van der Waals surface area contributed by atoms with Crippen molar-refractivity contribution in [2.45, 2.75) is 33.4 Å². The van der Waals surface area contributed by atoms with Crippen LogP contribution >= 0.6 is 0 Å². The molecule has 1 saturated heterocycles. The molecule has 1 heterocycles. The fourth-order valence-corrected chi connectivity index (χ4v) is 1.90. The van der Waals surface area contributed by atoms with Crippen LogP contribution in [0, 0.1) is 0 Å². The highest BCUT2D eigenvalue weighted by atomic mass is 127. The van der Waals surface area contributed by atoms with Gasteiger partial charge in [-0.15, -0.1) is 0 Å². The lowest BCUT2D eigenvalue weighted by molar-refractivity contribution is -0.944. The molecule has 0 radical (unpaired) electrons. The van der Waals surface area contributed by atoms with Gasteiger partial charge in [-0.2, -0.15) is 0 Å². The van der Waals surface area contributed by atoms with Gasteiger partial charge in [0.15, 0.2) is 0 Å². The second-order valence-corrected chi connectivity index (χ2v) is 3.36. The molecule has 0 aromatic rings. The predicted molar refractivity (Wildman–Crippen MR) is 46.2 cm³/mol. The van der Waals surface area contributed by atoms with E-state index in [1.807, 2.05) is 0 Å². The third-order valence-corrected chi connectivity index (χ3v) is 2.86. The Kier molecular flexibility index (Phi) is 5.69. The summed E-state index contributed by atoms with van der Waals surface area (Å²) in [4.78, 5) is 0. The Bertz CT molecular complexity index is 122. The molecule has 0 saturated carbocycles. The zero-order chi connectivity index (χ0) is 8.32. The zero-order valence-electron chi connectivity index (χ0n) is 8.35. The van der Waals surface area contributed by atoms with Gasteiger partial charge in [-0.05, 0) is 20.3 Å². The number of hydrogen-bond donors (Lipinski definition) is 0. The molecule has 0 amide bonds. The molecule has 74 valence electrons. The quantitative estimate of drug-likeness (QED) is 0.344. The number of ether oxygens (including phenoxy) is 1. The molecule has 1 unspecified atom stereocenters. The van der Waals surface area contributed by atoms with E-state index in [1.54, 1.807) is 0 Å². The smallest absolute Gasteiger partial charge is 0.217 e. The molecule has 0 N–H and O–H groups in total. The maximum Gasteiger partial charge on any atom is 0.217 e. The van der Waals surface area contributed by atoms with Gasteiger partial charge in [-0.1, -0.05) is 6.92 Å². The van der Waals surface area contributed by atoms with Crippen LogP contribution in [0.4, 0.5) is 0 Å². The van der Waals surface area contributed by atoms with E-state index in [0.29, 0.717) is 6.23 Å². The fraction of sp³-hybridized carbons (Fsp3) is 1.00. The average molecular weight is 285 g/mol. The van der Waals surface area contributed by atoms with Crippen LogP contribution in [-0.2, 0) is 4.74 Å². The Balaban J connectivity index is 0.00000121. The molecule has 0 aromatic carbocycles. The van der Waals surface area contributed by atoms with Crippen molar-refractivity contribution < 1.29 is 33.2 Å². The van der Waals surface area contributed by atoms with E-state index in [4.69, 9.17) is 4.74 Å². The fourth-order valence-electron chi connectivity index (χ4n) is 1.90. The van der Waals surface area contributed by atoms with Crippen molar-refractivity contribution in [2.75, 3.05) is 26.2 Å². The van der Waals surface area contributed by atoms with Crippen LogP contribution in [0.5, 0.6) is 0 Å². The van der Waals surface area contributed by atoms with Gasteiger partial charge >= 0.3 is 0 Å². The van der Waals surface area contributed by atoms with Crippen molar-refractivity contribution in [3.63, 3.8) is 0 Å². The molecule has 12 heavy (non-hydrogen) atoms. The monoisotopic (exact) mass is 285 g/mol. The molecular weight excluding hydrogens is 265 g/mol. The highest BCUT2D eigenvalue weighted by Gasteiger charge is 2.43. The Morgan fingerprint density at radius 3 is 2.00 bits per heavy atom. The summed E-state index contributed by atoms with van der Waals surface area (Å²) in [5.74, 6) is 0. The number of epoxide rings is 1. The number of likely N-dealkylation sites (N-methyl/N-ethyl adjacent to an activating group) is 1. The third-order valence-electron chi connectivity index (χ3n) is 2.86. The van der Waals surface area contributed by atoms with Gasteiger partial charge in [0.25, 0.3) is 0 Å². The van der Waals surface area contributed by atoms with Gasteiger partial charge in [-0.3, -0.25) is 4.48 Å². The highest BCUT2D eigenvalue weighted by molar-refractivity contribution is 4.59. The summed E-state index contributed by atoms with van der Waals surface area (Å²) in [6.07, 6.45) is 1.80. The van der Waals surface area contributed by atoms with Crippen molar-refractivity contribution in [3.8, 4) is 0 Å². The second kappa shape index (κ2) is 5.40. The minimum absolute atomic E-state index is 0. The predicted octanol–water partition coefficient (Wildman–Crippen LogP) is -1.39. The molecule has 0 spiro atoms. The first-order valence-electron chi connectivity index (χ1n) is 4.76. The van der Waals surface area contributed by atoms with Crippen molar-refractivity contribution in [2.24, 2.45) is 0 Å². The molecule has 0 bridgehead atoms. The summed E-state index contributed by atoms with van der Waals surface area (Å²) in [5, 5.41) is 0. The zero-order valence-corrected chi connectivity index (χ0v) is 10.5. The maximum absolute atomic E-state index is 5.38. The minimum Gasteiger partial charge on any atom is -1.00 e. The summed E-state index contributed by atoms with van der Waals surface area (Å²) < 4.78 is 6.56. The number of halogens is 1. The standard InChI is InChI=1S/C9H20NO.HI/c1-4-7-10(5-2,6-3)9-8-11-9;/h9H,4-8H2,1-3H3;1H/q+1;/p-1. The summed E-state index contributed by atoms with van der Waals surface area (Å²) >= 11 is 0. The molecule has 1 aliphatic rings. The van der Waals surface area contributed by atoms with E-state index in [1.165, 1.54) is 30.5 Å². The van der Waals surface area contributed by atoms with E-state index >= 15 is 0 Å². The number of quaternary nitrogens is 1. The summed E-state index contributed by atoms with van der Waals surface area (Å²) in [6, 6.07) is 0. The van der Waals surface area contributed by atoms with Crippen LogP contribution in [0.3, 0.4) is 0 Å². The van der Waals surface area contributed by atoms with Gasteiger partial charge in [0.1, 0.15) is 6.61 Å². The molecule has 1 aliphatic heterocycles. The van der Waals surface area contributed by atoms with Crippen molar-refractivity contribution in [1.29, 1.82) is 0 Å². The molecule has 2 nitrogen and oxygen atoms in total. The van der Waals surface area contributed by atoms with E-state index in [9.17, 15) is 0 Å². The highest BCUT2D eigenvalue weighted by Crippen LogP contribution is 2.24. The summed E-state index contributed by atoms with van der Waals surface area (Å²) in [6.45, 7) is 11.5. The number of hydrogen-bond acceptors (Lipinski definition) is 1. The lowest BCUT2D eigenvalue weighted by Crippen LogP contribution is -3.00. The minimum atomic E-state index is 0. The Morgan fingerprint density at radius 2 is 1.75 bits per heavy atom. The molecule has 1 atom stereocenters. The van der Waals surface area contributed by atoms with Gasteiger partial charge in [-0.25, -0.2) is 0 Å². The van der Waals surface area contributed by atoms with E-state index in [0.717, 1.165) is 6.61 Å². The van der Waals surface area contributed by atoms with Gasteiger partial charge in [0.05, 0.1) is 19.6 Å². The van der Waals surface area contributed by atoms with Crippen LogP contribution in [0.1, 0.15) is 27.2 Å². The molecule has 1 rings (SSSR count). The topological polar surface area (TPSA) is 12.5 Å².